The van der Waals surface area contributed by atoms with Crippen molar-refractivity contribution in [3.05, 3.63) is 65.6 Å². The molecule has 0 aliphatic rings. The number of pyridine rings is 1. The van der Waals surface area contributed by atoms with Gasteiger partial charge in [-0.25, -0.2) is 4.98 Å². The van der Waals surface area contributed by atoms with Gasteiger partial charge in [0.1, 0.15) is 11.4 Å². The molecular weight excluding hydrogens is 290 g/mol. The number of nitrogens with zero attached hydrogens (tertiary/aromatic N) is 2. The zero-order valence-electron chi connectivity index (χ0n) is 13.4. The number of methoxy groups -OCH3 is 1. The molecule has 120 valence electrons. The second-order valence-electron chi connectivity index (χ2n) is 5.56. The van der Waals surface area contributed by atoms with Crippen molar-refractivity contribution in [1.29, 1.82) is 0 Å². The zero-order valence-corrected chi connectivity index (χ0v) is 13.4. The van der Waals surface area contributed by atoms with Crippen LogP contribution < -0.4 is 10.1 Å². The summed E-state index contributed by atoms with van der Waals surface area (Å²) in [7, 11) is 1.62. The van der Waals surface area contributed by atoms with Crippen LogP contribution in [-0.4, -0.2) is 28.1 Å². The summed E-state index contributed by atoms with van der Waals surface area (Å²) in [5.74, 6) is 0.749. The summed E-state index contributed by atoms with van der Waals surface area (Å²) >= 11 is 0. The highest BCUT2D eigenvalue weighted by atomic mass is 16.5. The monoisotopic (exact) mass is 311 g/mol. The highest BCUT2D eigenvalue weighted by Gasteiger charge is 2.09. The van der Waals surface area contributed by atoms with Crippen molar-refractivity contribution in [3.63, 3.8) is 0 Å². The van der Waals surface area contributed by atoms with Crippen LogP contribution in [0.25, 0.3) is 5.65 Å². The first kappa shape index (κ1) is 15.5. The van der Waals surface area contributed by atoms with Crippen LogP contribution in [0.15, 0.2) is 48.8 Å². The van der Waals surface area contributed by atoms with Crippen molar-refractivity contribution in [2.75, 3.05) is 13.7 Å². The van der Waals surface area contributed by atoms with Gasteiger partial charge in [-0.2, -0.15) is 0 Å². The number of benzene rings is 1. The van der Waals surface area contributed by atoms with E-state index in [0.29, 0.717) is 13.1 Å². The predicted octanol–water partition coefficient (Wildman–Crippen LogP) is 2.47. The first-order valence-electron chi connectivity index (χ1n) is 7.63. The van der Waals surface area contributed by atoms with Gasteiger partial charge in [0.05, 0.1) is 25.1 Å². The number of aliphatic hydroxyl groups is 1. The van der Waals surface area contributed by atoms with Gasteiger partial charge in [-0.15, -0.1) is 0 Å². The number of imidazole rings is 1. The van der Waals surface area contributed by atoms with E-state index < -0.39 is 6.10 Å². The summed E-state index contributed by atoms with van der Waals surface area (Å²) in [6.07, 6.45) is 3.30. The van der Waals surface area contributed by atoms with Crippen molar-refractivity contribution in [3.8, 4) is 5.75 Å². The van der Waals surface area contributed by atoms with Gasteiger partial charge in [-0.1, -0.05) is 18.2 Å². The van der Waals surface area contributed by atoms with E-state index in [-0.39, 0.29) is 0 Å². The number of aryl methyl sites for hydroxylation is 1. The lowest BCUT2D eigenvalue weighted by molar-refractivity contribution is 0.174. The number of ether oxygens (including phenoxy) is 1. The first-order chi connectivity index (χ1) is 11.2. The summed E-state index contributed by atoms with van der Waals surface area (Å²) < 4.78 is 7.25. The zero-order chi connectivity index (χ0) is 16.2. The minimum atomic E-state index is -0.578. The van der Waals surface area contributed by atoms with Gasteiger partial charge in [0.2, 0.25) is 0 Å². The number of fused-ring (bicyclic) bond motifs is 1. The molecule has 0 fully saturated rings. The Morgan fingerprint density at radius 1 is 1.30 bits per heavy atom. The van der Waals surface area contributed by atoms with Crippen LogP contribution in [0.2, 0.25) is 0 Å². The van der Waals surface area contributed by atoms with E-state index in [9.17, 15) is 5.11 Å². The van der Waals surface area contributed by atoms with Crippen molar-refractivity contribution >= 4 is 5.65 Å². The SMILES string of the molecule is COc1cccc(C(O)CNCc2cnc3c(C)cccn23)c1. The second kappa shape index (κ2) is 6.81. The van der Waals surface area contributed by atoms with Gasteiger partial charge in [-0.3, -0.25) is 0 Å². The van der Waals surface area contributed by atoms with Crippen molar-refractivity contribution in [2.45, 2.75) is 19.6 Å². The Labute approximate surface area is 135 Å². The Bertz CT molecular complexity index is 798. The molecule has 0 saturated carbocycles. The average Bonchev–Trinajstić information content (AvgIpc) is 2.99. The van der Waals surface area contributed by atoms with Gasteiger partial charge in [0, 0.05) is 19.3 Å². The molecule has 0 bridgehead atoms. The quantitative estimate of drug-likeness (QED) is 0.734. The lowest BCUT2D eigenvalue weighted by Gasteiger charge is -2.13. The molecule has 0 spiro atoms. The van der Waals surface area contributed by atoms with Crippen molar-refractivity contribution in [2.24, 2.45) is 0 Å². The molecule has 1 atom stereocenters. The maximum Gasteiger partial charge on any atom is 0.139 e. The molecule has 0 radical (unpaired) electrons. The Balaban J connectivity index is 1.63. The molecule has 0 amide bonds. The number of hydrogen-bond acceptors (Lipinski definition) is 4. The number of nitrogens with one attached hydrogen (secondary N) is 1. The lowest BCUT2D eigenvalue weighted by atomic mass is 10.1. The van der Waals surface area contributed by atoms with Crippen LogP contribution in [0.4, 0.5) is 0 Å². The van der Waals surface area contributed by atoms with E-state index in [0.717, 1.165) is 28.2 Å². The van der Waals surface area contributed by atoms with E-state index in [1.807, 2.05) is 55.7 Å². The third-order valence-electron chi connectivity index (χ3n) is 3.93. The number of hydrogen-bond donors (Lipinski definition) is 2. The van der Waals surface area contributed by atoms with Crippen LogP contribution >= 0.6 is 0 Å². The minimum absolute atomic E-state index is 0.465. The topological polar surface area (TPSA) is 58.8 Å². The molecule has 0 saturated heterocycles. The number of rotatable bonds is 6. The van der Waals surface area contributed by atoms with E-state index >= 15 is 0 Å². The summed E-state index contributed by atoms with van der Waals surface area (Å²) in [6, 6.07) is 11.6. The molecule has 1 unspecified atom stereocenters. The maximum atomic E-state index is 10.3. The third kappa shape index (κ3) is 3.36. The molecule has 2 heterocycles. The minimum Gasteiger partial charge on any atom is -0.497 e. The molecule has 0 aliphatic heterocycles. The van der Waals surface area contributed by atoms with Crippen LogP contribution in [0, 0.1) is 6.92 Å². The first-order valence-corrected chi connectivity index (χ1v) is 7.63. The van der Waals surface area contributed by atoms with Crippen LogP contribution in [0.3, 0.4) is 0 Å². The molecule has 3 aromatic rings. The lowest BCUT2D eigenvalue weighted by Crippen LogP contribution is -2.21. The van der Waals surface area contributed by atoms with Crippen molar-refractivity contribution in [1.82, 2.24) is 14.7 Å². The molecule has 1 aromatic carbocycles. The van der Waals surface area contributed by atoms with Crippen LogP contribution in [0.1, 0.15) is 22.9 Å². The van der Waals surface area contributed by atoms with Gasteiger partial charge < -0.3 is 19.6 Å². The Hall–Kier alpha value is -2.37. The fraction of sp³-hybridized carbons (Fsp3) is 0.278. The Morgan fingerprint density at radius 3 is 3.00 bits per heavy atom. The largest absolute Gasteiger partial charge is 0.497 e. The molecule has 23 heavy (non-hydrogen) atoms. The van der Waals surface area contributed by atoms with Gasteiger partial charge in [-0.05, 0) is 36.2 Å². The summed E-state index contributed by atoms with van der Waals surface area (Å²) in [6.45, 7) is 3.16. The van der Waals surface area contributed by atoms with E-state index in [1.165, 1.54) is 0 Å². The highest BCUT2D eigenvalue weighted by molar-refractivity contribution is 5.48. The van der Waals surface area contributed by atoms with Crippen LogP contribution in [0.5, 0.6) is 5.75 Å². The smallest absolute Gasteiger partial charge is 0.139 e. The highest BCUT2D eigenvalue weighted by Crippen LogP contribution is 2.18. The van der Waals surface area contributed by atoms with E-state index in [2.05, 4.69) is 14.7 Å². The number of aliphatic hydroxyl groups excluding tert-OH is 1. The normalized spacial score (nSPS) is 12.5. The van der Waals surface area contributed by atoms with Crippen molar-refractivity contribution < 1.29 is 9.84 Å². The fourth-order valence-electron chi connectivity index (χ4n) is 2.64. The fourth-order valence-corrected chi connectivity index (χ4v) is 2.64. The molecule has 2 N–H and O–H groups in total. The van der Waals surface area contributed by atoms with E-state index in [1.54, 1.807) is 7.11 Å². The van der Waals surface area contributed by atoms with E-state index in [4.69, 9.17) is 4.74 Å². The molecule has 3 rings (SSSR count). The molecule has 0 aliphatic carbocycles. The molecular formula is C18H21N3O2. The molecule has 5 nitrogen and oxygen atoms in total. The second-order valence-corrected chi connectivity index (χ2v) is 5.56. The van der Waals surface area contributed by atoms with Gasteiger partial charge in [0.15, 0.2) is 0 Å². The summed E-state index contributed by atoms with van der Waals surface area (Å²) in [4.78, 5) is 4.44. The Kier molecular flexibility index (Phi) is 4.60. The average molecular weight is 311 g/mol. The number of aromatic nitrogens is 2. The predicted molar refractivity (Wildman–Crippen MR) is 89.6 cm³/mol. The van der Waals surface area contributed by atoms with Gasteiger partial charge in [0.25, 0.3) is 0 Å². The standard InChI is InChI=1S/C18H21N3O2/c1-13-5-4-8-21-15(11-20-18(13)21)10-19-12-17(22)14-6-3-7-16(9-14)23-2/h3-9,11,17,19,22H,10,12H2,1-2H3. The third-order valence-corrected chi connectivity index (χ3v) is 3.93. The van der Waals surface area contributed by atoms with Gasteiger partial charge >= 0.3 is 0 Å². The summed E-state index contributed by atoms with van der Waals surface area (Å²) in [5, 5.41) is 13.6. The Morgan fingerprint density at radius 2 is 2.17 bits per heavy atom. The van der Waals surface area contributed by atoms with Crippen LogP contribution in [-0.2, 0) is 6.54 Å². The summed E-state index contributed by atoms with van der Waals surface area (Å²) in [5.41, 5.74) is 4.03. The molecule has 5 heteroatoms. The molecule has 2 aromatic heterocycles. The maximum absolute atomic E-state index is 10.3.